The van der Waals surface area contributed by atoms with Gasteiger partial charge in [0, 0.05) is 31.1 Å². The Labute approximate surface area is 215 Å². The van der Waals surface area contributed by atoms with Gasteiger partial charge in [-0.15, -0.1) is 0 Å². The van der Waals surface area contributed by atoms with E-state index in [1.807, 2.05) is 20.8 Å². The van der Waals surface area contributed by atoms with Crippen molar-refractivity contribution in [1.82, 2.24) is 0 Å². The van der Waals surface area contributed by atoms with E-state index in [1.165, 1.54) is 0 Å². The van der Waals surface area contributed by atoms with Crippen molar-refractivity contribution in [2.45, 2.75) is 123 Å². The van der Waals surface area contributed by atoms with Gasteiger partial charge in [0.2, 0.25) is 0 Å². The van der Waals surface area contributed by atoms with Gasteiger partial charge in [-0.2, -0.15) is 0 Å². The van der Waals surface area contributed by atoms with E-state index in [1.54, 1.807) is 6.92 Å². The maximum atomic E-state index is 12.5. The first-order valence-corrected chi connectivity index (χ1v) is 13.9. The normalized spacial score (nSPS) is 43.6. The molecule has 0 aromatic heterocycles. The second-order valence-electron chi connectivity index (χ2n) is 11.9. The van der Waals surface area contributed by atoms with Crippen molar-refractivity contribution in [3.05, 3.63) is 12.2 Å². The molecule has 0 amide bonds. The number of epoxide rings is 1. The van der Waals surface area contributed by atoms with Crippen LogP contribution in [0.5, 0.6) is 0 Å². The summed E-state index contributed by atoms with van der Waals surface area (Å²) in [7, 11) is 0. The fraction of sp³-hybridized carbons (Fsp3) is 0.828. The highest BCUT2D eigenvalue weighted by Gasteiger charge is 2.64. The van der Waals surface area contributed by atoms with E-state index in [4.69, 9.17) is 18.9 Å². The van der Waals surface area contributed by atoms with E-state index in [2.05, 4.69) is 20.4 Å². The summed E-state index contributed by atoms with van der Waals surface area (Å²) < 4.78 is 24.3. The molecule has 202 valence electrons. The number of fused-ring (bicyclic) bond motifs is 2. The minimum atomic E-state index is -0.641. The summed E-state index contributed by atoms with van der Waals surface area (Å²) in [5.74, 6) is -0.143. The molecule has 1 saturated heterocycles. The van der Waals surface area contributed by atoms with Crippen LogP contribution in [0.3, 0.4) is 0 Å². The van der Waals surface area contributed by atoms with Crippen LogP contribution in [-0.4, -0.2) is 47.9 Å². The quantitative estimate of drug-likeness (QED) is 0.214. The largest absolute Gasteiger partial charge is 0.462 e. The Bertz CT molecular complexity index is 898. The number of hydrogen-bond acceptors (Lipinski definition) is 7. The third-order valence-corrected chi connectivity index (χ3v) is 9.83. The predicted molar refractivity (Wildman–Crippen MR) is 134 cm³/mol. The van der Waals surface area contributed by atoms with Crippen LogP contribution in [0.1, 0.15) is 92.9 Å². The molecule has 3 saturated carbocycles. The van der Waals surface area contributed by atoms with E-state index in [9.17, 15) is 14.4 Å². The van der Waals surface area contributed by atoms with Gasteiger partial charge in [0.05, 0.1) is 6.10 Å². The van der Waals surface area contributed by atoms with Gasteiger partial charge in [-0.05, 0) is 56.3 Å². The van der Waals surface area contributed by atoms with Crippen LogP contribution in [0.25, 0.3) is 0 Å². The monoisotopic (exact) mass is 504 g/mol. The highest BCUT2D eigenvalue weighted by molar-refractivity contribution is 5.70. The number of carbonyl (C=O) groups is 3. The molecular formula is C29H44O7. The Balaban J connectivity index is 1.75. The summed E-state index contributed by atoms with van der Waals surface area (Å²) in [5.41, 5.74) is 0.290. The maximum Gasteiger partial charge on any atom is 0.305 e. The Morgan fingerprint density at radius 1 is 0.917 bits per heavy atom. The molecule has 10 atom stereocenters. The average molecular weight is 505 g/mol. The minimum Gasteiger partial charge on any atom is -0.462 e. The Morgan fingerprint density at radius 2 is 1.47 bits per heavy atom. The van der Waals surface area contributed by atoms with Crippen LogP contribution in [0, 0.1) is 29.1 Å². The molecule has 4 rings (SSSR count). The molecule has 4 aliphatic rings. The Hall–Kier alpha value is -1.89. The molecule has 4 fully saturated rings. The topological polar surface area (TPSA) is 91.4 Å². The number of allylic oxidation sites excluding steroid dienone is 1. The molecule has 7 nitrogen and oxygen atoms in total. The number of rotatable bonds is 6. The third-order valence-electron chi connectivity index (χ3n) is 9.83. The molecule has 36 heavy (non-hydrogen) atoms. The second kappa shape index (κ2) is 10.1. The van der Waals surface area contributed by atoms with Gasteiger partial charge in [-0.25, -0.2) is 0 Å². The van der Waals surface area contributed by atoms with Gasteiger partial charge in [-0.3, -0.25) is 14.4 Å². The van der Waals surface area contributed by atoms with Crippen LogP contribution in [-0.2, 0) is 33.3 Å². The predicted octanol–water partition coefficient (Wildman–Crippen LogP) is 5.15. The highest BCUT2D eigenvalue weighted by Crippen LogP contribution is 2.63. The zero-order valence-corrected chi connectivity index (χ0v) is 22.8. The molecule has 0 radical (unpaired) electrons. The second-order valence-corrected chi connectivity index (χ2v) is 11.9. The standard InChI is InChI=1S/C29H44O7/c1-8-24(30)33-20-15-23-29(7,36-23)22(35-26(32)10-3)14-18-13-21(34-25(31)9-2)28(6)12-11-19(17(20)5)27(28)16(18)4/h17-23,27H,4,8-15H2,1-3,5-7H3. The first kappa shape index (κ1) is 27.2. The lowest BCUT2D eigenvalue weighted by molar-refractivity contribution is -0.164. The van der Waals surface area contributed by atoms with E-state index < -0.39 is 11.7 Å². The lowest BCUT2D eigenvalue weighted by Crippen LogP contribution is -2.49. The molecule has 10 unspecified atom stereocenters. The van der Waals surface area contributed by atoms with E-state index in [-0.39, 0.29) is 71.7 Å². The number of carbonyl (C=O) groups excluding carboxylic acids is 3. The van der Waals surface area contributed by atoms with Crippen molar-refractivity contribution in [2.75, 3.05) is 0 Å². The maximum absolute atomic E-state index is 12.5. The number of esters is 3. The van der Waals surface area contributed by atoms with Gasteiger partial charge in [0.1, 0.15) is 23.9 Å². The molecule has 0 N–H and O–H groups in total. The van der Waals surface area contributed by atoms with E-state index in [0.717, 1.165) is 18.4 Å². The summed E-state index contributed by atoms with van der Waals surface area (Å²) in [6.45, 7) is 16.5. The summed E-state index contributed by atoms with van der Waals surface area (Å²) in [6, 6.07) is 0. The van der Waals surface area contributed by atoms with Gasteiger partial charge >= 0.3 is 17.9 Å². The van der Waals surface area contributed by atoms with Crippen LogP contribution in [0.15, 0.2) is 12.2 Å². The van der Waals surface area contributed by atoms with Gasteiger partial charge in [-0.1, -0.05) is 46.8 Å². The molecule has 2 bridgehead atoms. The molecule has 0 spiro atoms. The first-order chi connectivity index (χ1) is 17.0. The van der Waals surface area contributed by atoms with Crippen molar-refractivity contribution in [3.8, 4) is 0 Å². The number of ether oxygens (including phenoxy) is 4. The first-order valence-electron chi connectivity index (χ1n) is 13.9. The van der Waals surface area contributed by atoms with Gasteiger partial charge < -0.3 is 18.9 Å². The van der Waals surface area contributed by atoms with Gasteiger partial charge in [0.25, 0.3) is 0 Å². The van der Waals surface area contributed by atoms with Crippen molar-refractivity contribution < 1.29 is 33.3 Å². The van der Waals surface area contributed by atoms with Crippen molar-refractivity contribution >= 4 is 17.9 Å². The van der Waals surface area contributed by atoms with Crippen LogP contribution in [0.2, 0.25) is 0 Å². The zero-order chi connectivity index (χ0) is 26.4. The molecule has 1 heterocycles. The van der Waals surface area contributed by atoms with Crippen LogP contribution >= 0.6 is 0 Å². The van der Waals surface area contributed by atoms with Crippen molar-refractivity contribution in [3.63, 3.8) is 0 Å². The van der Waals surface area contributed by atoms with Crippen molar-refractivity contribution in [1.29, 1.82) is 0 Å². The molecule has 0 aromatic carbocycles. The molecule has 3 aliphatic carbocycles. The molecule has 1 aliphatic heterocycles. The van der Waals surface area contributed by atoms with Crippen molar-refractivity contribution in [2.24, 2.45) is 29.1 Å². The SMILES string of the molecule is C=C1C2CC(OC(=O)CC)C3(C)CCC(C(C)C(OC(=O)CC)CC4OC4(C)C(OC(=O)CC)C2)C13. The smallest absolute Gasteiger partial charge is 0.305 e. The fourth-order valence-corrected chi connectivity index (χ4v) is 7.37. The summed E-state index contributed by atoms with van der Waals surface area (Å²) in [6.07, 6.45) is 3.54. The van der Waals surface area contributed by atoms with E-state index in [0.29, 0.717) is 32.1 Å². The summed E-state index contributed by atoms with van der Waals surface area (Å²) in [4.78, 5) is 37.3. The fourth-order valence-electron chi connectivity index (χ4n) is 7.37. The average Bonchev–Trinajstić information content (AvgIpc) is 3.36. The molecule has 7 heteroatoms. The molecular weight excluding hydrogens is 460 g/mol. The van der Waals surface area contributed by atoms with Crippen LogP contribution in [0.4, 0.5) is 0 Å². The minimum absolute atomic E-state index is 0.0385. The molecule has 0 aromatic rings. The van der Waals surface area contributed by atoms with E-state index >= 15 is 0 Å². The third kappa shape index (κ3) is 4.72. The number of hydrogen-bond donors (Lipinski definition) is 0. The Morgan fingerprint density at radius 3 is 2.08 bits per heavy atom. The summed E-state index contributed by atoms with van der Waals surface area (Å²) >= 11 is 0. The van der Waals surface area contributed by atoms with Gasteiger partial charge in [0.15, 0.2) is 0 Å². The zero-order valence-electron chi connectivity index (χ0n) is 22.8. The highest BCUT2D eigenvalue weighted by atomic mass is 16.6. The lowest BCUT2D eigenvalue weighted by atomic mass is 9.58. The summed E-state index contributed by atoms with van der Waals surface area (Å²) in [5, 5.41) is 0. The Kier molecular flexibility index (Phi) is 7.63. The van der Waals surface area contributed by atoms with Crippen LogP contribution < -0.4 is 0 Å². The lowest BCUT2D eigenvalue weighted by Gasteiger charge is -2.50.